The Labute approximate surface area is 83.6 Å². The number of hydrogen-bond acceptors (Lipinski definition) is 4. The monoisotopic (exact) mass is 293 g/mol. The summed E-state index contributed by atoms with van der Waals surface area (Å²) in [6.45, 7) is 2.39. The van der Waals surface area contributed by atoms with Crippen LogP contribution in [0.15, 0.2) is 0 Å². The minimum atomic E-state index is -0.226. The van der Waals surface area contributed by atoms with Gasteiger partial charge in [-0.2, -0.15) is 0 Å². The quantitative estimate of drug-likeness (QED) is 0.500. The fourth-order valence-electron chi connectivity index (χ4n) is 0. The summed E-state index contributed by atoms with van der Waals surface area (Å²) in [6.07, 6.45) is 0. The zero-order valence-electron chi connectivity index (χ0n) is 6.23. The molecule has 0 spiro atoms. The SMILES string of the molecule is NCCN.NCCN.[Cl][Rh+][Cl]. The fourth-order valence-corrected chi connectivity index (χ4v) is 0. The summed E-state index contributed by atoms with van der Waals surface area (Å²) < 4.78 is 0. The van der Waals surface area contributed by atoms with Crippen molar-refractivity contribution < 1.29 is 15.1 Å². The van der Waals surface area contributed by atoms with Crippen LogP contribution in [0.1, 0.15) is 0 Å². The Morgan fingerprint density at radius 1 is 0.727 bits per heavy atom. The van der Waals surface area contributed by atoms with Crippen LogP contribution in [0.4, 0.5) is 0 Å². The fraction of sp³-hybridized carbons (Fsp3) is 1.00. The molecule has 0 rings (SSSR count). The van der Waals surface area contributed by atoms with E-state index < -0.39 is 0 Å². The van der Waals surface area contributed by atoms with Crippen LogP contribution in [0, 0.1) is 0 Å². The van der Waals surface area contributed by atoms with Gasteiger partial charge in [-0.15, -0.1) is 0 Å². The number of hydrogen-bond donors (Lipinski definition) is 4. The van der Waals surface area contributed by atoms with Crippen molar-refractivity contribution in [1.29, 1.82) is 0 Å². The Morgan fingerprint density at radius 2 is 0.818 bits per heavy atom. The van der Waals surface area contributed by atoms with Gasteiger partial charge in [-0.25, -0.2) is 0 Å². The van der Waals surface area contributed by atoms with Gasteiger partial charge in [0.05, 0.1) is 0 Å². The van der Waals surface area contributed by atoms with E-state index in [2.05, 4.69) is 0 Å². The molecular formula is C4H16Cl2N4Rh+. The summed E-state index contributed by atoms with van der Waals surface area (Å²) in [5, 5.41) is 0. The summed E-state index contributed by atoms with van der Waals surface area (Å²) in [5.41, 5.74) is 19.6. The first-order chi connectivity index (χ1) is 5.24. The first-order valence-electron chi connectivity index (χ1n) is 2.88. The van der Waals surface area contributed by atoms with E-state index in [-0.39, 0.29) is 15.1 Å². The third-order valence-electron chi connectivity index (χ3n) is 0.333. The summed E-state index contributed by atoms with van der Waals surface area (Å²) in [5.74, 6) is 0. The van der Waals surface area contributed by atoms with Crippen molar-refractivity contribution in [2.45, 2.75) is 0 Å². The average Bonchev–Trinajstić information content (AvgIpc) is 2.06. The van der Waals surface area contributed by atoms with Crippen molar-refractivity contribution in [3.8, 4) is 0 Å². The Bertz CT molecular complexity index is 35.3. The van der Waals surface area contributed by atoms with E-state index in [0.717, 1.165) is 0 Å². The van der Waals surface area contributed by atoms with Crippen molar-refractivity contribution in [2.75, 3.05) is 26.2 Å². The topological polar surface area (TPSA) is 104 Å². The molecule has 0 aliphatic heterocycles. The summed E-state index contributed by atoms with van der Waals surface area (Å²) in [4.78, 5) is 0. The molecule has 0 aromatic carbocycles. The molecule has 11 heavy (non-hydrogen) atoms. The molecule has 4 nitrogen and oxygen atoms in total. The van der Waals surface area contributed by atoms with E-state index in [4.69, 9.17) is 42.3 Å². The molecule has 0 radical (unpaired) electrons. The molecule has 0 aliphatic carbocycles. The minimum absolute atomic E-state index is 0.226. The van der Waals surface area contributed by atoms with Gasteiger partial charge in [0.15, 0.2) is 0 Å². The summed E-state index contributed by atoms with van der Waals surface area (Å²) in [6, 6.07) is 0. The summed E-state index contributed by atoms with van der Waals surface area (Å²) in [7, 11) is 9.67. The van der Waals surface area contributed by atoms with Crippen LogP contribution in [-0.4, -0.2) is 26.2 Å². The van der Waals surface area contributed by atoms with Crippen LogP contribution >= 0.6 is 19.4 Å². The van der Waals surface area contributed by atoms with E-state index in [1.165, 1.54) is 0 Å². The Hall–Kier alpha value is 1.04. The second-order valence-corrected chi connectivity index (χ2v) is 3.69. The molecule has 0 fully saturated rings. The standard InChI is InChI=1S/2C2H8N2.2ClH.Rh/c2*3-1-2-4;;;/h2*1-4H2;2*1H;/q;;;;+3/p-2. The van der Waals surface area contributed by atoms with E-state index in [1.807, 2.05) is 0 Å². The van der Waals surface area contributed by atoms with Gasteiger partial charge >= 0.3 is 34.5 Å². The van der Waals surface area contributed by atoms with Crippen molar-refractivity contribution in [1.82, 2.24) is 0 Å². The van der Waals surface area contributed by atoms with E-state index in [1.54, 1.807) is 0 Å². The van der Waals surface area contributed by atoms with Crippen LogP contribution in [0.5, 0.6) is 0 Å². The van der Waals surface area contributed by atoms with Crippen molar-refractivity contribution in [2.24, 2.45) is 22.9 Å². The van der Waals surface area contributed by atoms with Crippen LogP contribution in [0.2, 0.25) is 0 Å². The Morgan fingerprint density at radius 3 is 0.818 bits per heavy atom. The molecule has 8 N–H and O–H groups in total. The predicted molar refractivity (Wildman–Crippen MR) is 47.9 cm³/mol. The van der Waals surface area contributed by atoms with Gasteiger partial charge in [0.1, 0.15) is 0 Å². The van der Waals surface area contributed by atoms with Gasteiger partial charge in [0, 0.05) is 26.2 Å². The molecule has 0 bridgehead atoms. The second kappa shape index (κ2) is 30.5. The molecule has 0 aromatic rings. The average molecular weight is 294 g/mol. The molecule has 0 heterocycles. The second-order valence-electron chi connectivity index (χ2n) is 1.20. The third kappa shape index (κ3) is 97.5. The van der Waals surface area contributed by atoms with Crippen molar-refractivity contribution in [3.05, 3.63) is 0 Å². The zero-order valence-corrected chi connectivity index (χ0v) is 9.38. The third-order valence-corrected chi connectivity index (χ3v) is 0.333. The van der Waals surface area contributed by atoms with Crippen LogP contribution in [0.3, 0.4) is 0 Å². The van der Waals surface area contributed by atoms with E-state index in [9.17, 15) is 0 Å². The van der Waals surface area contributed by atoms with Crippen LogP contribution in [-0.2, 0) is 15.1 Å². The van der Waals surface area contributed by atoms with Gasteiger partial charge in [0.2, 0.25) is 0 Å². The normalized spacial score (nSPS) is 7.45. The van der Waals surface area contributed by atoms with Crippen LogP contribution in [0.25, 0.3) is 0 Å². The molecule has 7 heteroatoms. The maximum atomic E-state index is 4.90. The maximum absolute atomic E-state index is 4.90. The van der Waals surface area contributed by atoms with Gasteiger partial charge in [-0.05, 0) is 0 Å². The van der Waals surface area contributed by atoms with Gasteiger partial charge < -0.3 is 22.9 Å². The molecule has 0 aliphatic rings. The van der Waals surface area contributed by atoms with Crippen LogP contribution < -0.4 is 22.9 Å². The number of rotatable bonds is 2. The molecule has 0 atom stereocenters. The summed E-state index contributed by atoms with van der Waals surface area (Å²) >= 11 is -0.226. The van der Waals surface area contributed by atoms with E-state index in [0.29, 0.717) is 26.2 Å². The van der Waals surface area contributed by atoms with Gasteiger partial charge in [-0.3, -0.25) is 0 Å². The van der Waals surface area contributed by atoms with E-state index >= 15 is 0 Å². The molecule has 74 valence electrons. The van der Waals surface area contributed by atoms with Crippen molar-refractivity contribution in [3.63, 3.8) is 0 Å². The molecular weight excluding hydrogens is 278 g/mol. The first-order valence-corrected chi connectivity index (χ1v) is 7.11. The first kappa shape index (κ1) is 18.0. The number of halogens is 2. The zero-order chi connectivity index (χ0) is 9.54. The molecule has 0 saturated carbocycles. The molecule has 0 aromatic heterocycles. The Balaban J connectivity index is -0.0000000886. The number of nitrogens with two attached hydrogens (primary N) is 4. The molecule has 0 unspecified atom stereocenters. The van der Waals surface area contributed by atoms with Crippen molar-refractivity contribution >= 4 is 19.4 Å². The van der Waals surface area contributed by atoms with Gasteiger partial charge in [0.25, 0.3) is 0 Å². The van der Waals surface area contributed by atoms with Gasteiger partial charge in [-0.1, -0.05) is 0 Å². The Kier molecular flexibility index (Phi) is 49.8. The molecule has 0 saturated heterocycles. The predicted octanol–water partition coefficient (Wildman–Crippen LogP) is -0.816. The molecule has 0 amide bonds.